The molecule has 1 saturated heterocycles. The second-order valence-electron chi connectivity index (χ2n) is 4.96. The van der Waals surface area contributed by atoms with E-state index >= 15 is 0 Å². The van der Waals surface area contributed by atoms with Crippen LogP contribution >= 0.6 is 27.3 Å². The molecule has 1 N–H and O–H groups in total. The molecule has 0 unspecified atom stereocenters. The fourth-order valence-electron chi connectivity index (χ4n) is 2.32. The minimum Gasteiger partial charge on any atom is -0.356 e. The molecule has 0 bridgehead atoms. The van der Waals surface area contributed by atoms with Crippen LogP contribution in [0.2, 0.25) is 0 Å². The first-order valence-electron chi connectivity index (χ1n) is 6.94. The van der Waals surface area contributed by atoms with E-state index in [-0.39, 0.29) is 17.7 Å². The van der Waals surface area contributed by atoms with Crippen molar-refractivity contribution >= 4 is 39.1 Å². The summed E-state index contributed by atoms with van der Waals surface area (Å²) in [6, 6.07) is 3.74. The predicted octanol–water partition coefficient (Wildman–Crippen LogP) is 2.89. The van der Waals surface area contributed by atoms with Gasteiger partial charge in [-0.3, -0.25) is 9.59 Å². The van der Waals surface area contributed by atoms with E-state index in [1.807, 2.05) is 24.0 Å². The van der Waals surface area contributed by atoms with Crippen molar-refractivity contribution in [2.75, 3.05) is 19.6 Å². The van der Waals surface area contributed by atoms with E-state index in [0.717, 1.165) is 34.5 Å². The maximum Gasteiger partial charge on any atom is 0.263 e. The smallest absolute Gasteiger partial charge is 0.263 e. The van der Waals surface area contributed by atoms with Crippen LogP contribution in [-0.2, 0) is 4.79 Å². The SMILES string of the molecule is CCCNC(=O)C1CCN(C(=O)c2ccc(Br)s2)CC1. The molecule has 0 spiro atoms. The largest absolute Gasteiger partial charge is 0.356 e. The second kappa shape index (κ2) is 7.22. The first-order chi connectivity index (χ1) is 9.61. The third-order valence-corrected chi connectivity index (χ3v) is 5.10. The molecule has 1 aromatic rings. The number of nitrogens with one attached hydrogen (secondary N) is 1. The standard InChI is InChI=1S/C14H19BrN2O2S/c1-2-7-16-13(18)10-5-8-17(9-6-10)14(19)11-3-4-12(15)20-11/h3-4,10H,2,5-9H2,1H3,(H,16,18). The molecule has 2 rings (SSSR count). The molecular formula is C14H19BrN2O2S. The van der Waals surface area contributed by atoms with Gasteiger partial charge in [-0.05, 0) is 47.3 Å². The van der Waals surface area contributed by atoms with Crippen molar-refractivity contribution in [1.29, 1.82) is 0 Å². The average molecular weight is 359 g/mol. The van der Waals surface area contributed by atoms with Gasteiger partial charge in [0.15, 0.2) is 0 Å². The van der Waals surface area contributed by atoms with Crippen LogP contribution in [0.1, 0.15) is 35.9 Å². The topological polar surface area (TPSA) is 49.4 Å². The molecule has 0 aliphatic carbocycles. The molecular weight excluding hydrogens is 340 g/mol. The molecule has 1 aliphatic rings. The first kappa shape index (κ1) is 15.5. The Balaban J connectivity index is 1.85. The zero-order chi connectivity index (χ0) is 14.5. The highest BCUT2D eigenvalue weighted by molar-refractivity contribution is 9.11. The minimum atomic E-state index is 0.0562. The number of likely N-dealkylation sites (tertiary alicyclic amines) is 1. The highest BCUT2D eigenvalue weighted by atomic mass is 79.9. The summed E-state index contributed by atoms with van der Waals surface area (Å²) >= 11 is 4.83. The van der Waals surface area contributed by atoms with E-state index in [2.05, 4.69) is 21.2 Å². The van der Waals surface area contributed by atoms with Crippen LogP contribution in [0.5, 0.6) is 0 Å². The van der Waals surface area contributed by atoms with E-state index in [9.17, 15) is 9.59 Å². The number of nitrogens with zero attached hydrogens (tertiary/aromatic N) is 1. The number of carbonyl (C=O) groups is 2. The van der Waals surface area contributed by atoms with Crippen LogP contribution in [0.3, 0.4) is 0 Å². The summed E-state index contributed by atoms with van der Waals surface area (Å²) in [6.07, 6.45) is 2.47. The summed E-state index contributed by atoms with van der Waals surface area (Å²) < 4.78 is 0.967. The number of carbonyl (C=O) groups excluding carboxylic acids is 2. The normalized spacial score (nSPS) is 16.2. The Labute approximate surface area is 131 Å². The van der Waals surface area contributed by atoms with Crippen molar-refractivity contribution in [3.8, 4) is 0 Å². The van der Waals surface area contributed by atoms with Gasteiger partial charge in [-0.2, -0.15) is 0 Å². The van der Waals surface area contributed by atoms with Gasteiger partial charge in [0.1, 0.15) is 0 Å². The summed E-state index contributed by atoms with van der Waals surface area (Å²) in [5.74, 6) is 0.270. The lowest BCUT2D eigenvalue weighted by Gasteiger charge is -2.31. The minimum absolute atomic E-state index is 0.0562. The third kappa shape index (κ3) is 3.82. The lowest BCUT2D eigenvalue weighted by Crippen LogP contribution is -2.43. The highest BCUT2D eigenvalue weighted by Crippen LogP contribution is 2.25. The van der Waals surface area contributed by atoms with Crippen LogP contribution in [0.25, 0.3) is 0 Å². The fraction of sp³-hybridized carbons (Fsp3) is 0.571. The second-order valence-corrected chi connectivity index (χ2v) is 7.42. The van der Waals surface area contributed by atoms with Crippen molar-refractivity contribution in [2.24, 2.45) is 5.92 Å². The Morgan fingerprint density at radius 2 is 2.10 bits per heavy atom. The van der Waals surface area contributed by atoms with Gasteiger partial charge < -0.3 is 10.2 Å². The van der Waals surface area contributed by atoms with Crippen LogP contribution in [0.4, 0.5) is 0 Å². The lowest BCUT2D eigenvalue weighted by atomic mass is 9.96. The Bertz CT molecular complexity index is 481. The van der Waals surface area contributed by atoms with Crippen molar-refractivity contribution in [3.05, 3.63) is 20.8 Å². The first-order valence-corrected chi connectivity index (χ1v) is 8.55. The van der Waals surface area contributed by atoms with Gasteiger partial charge in [0.2, 0.25) is 5.91 Å². The summed E-state index contributed by atoms with van der Waals surface area (Å²) in [7, 11) is 0. The van der Waals surface area contributed by atoms with Crippen LogP contribution in [0, 0.1) is 5.92 Å². The van der Waals surface area contributed by atoms with Gasteiger partial charge in [0.25, 0.3) is 5.91 Å². The number of halogens is 1. The Morgan fingerprint density at radius 3 is 2.65 bits per heavy atom. The Kier molecular flexibility index (Phi) is 5.60. The molecule has 2 amide bonds. The molecule has 6 heteroatoms. The molecule has 4 nitrogen and oxygen atoms in total. The average Bonchev–Trinajstić information content (AvgIpc) is 2.90. The van der Waals surface area contributed by atoms with E-state index < -0.39 is 0 Å². The molecule has 0 saturated carbocycles. The molecule has 0 radical (unpaired) electrons. The molecule has 110 valence electrons. The number of thiophene rings is 1. The predicted molar refractivity (Wildman–Crippen MR) is 83.9 cm³/mol. The van der Waals surface area contributed by atoms with E-state index in [4.69, 9.17) is 0 Å². The Hall–Kier alpha value is -0.880. The van der Waals surface area contributed by atoms with Gasteiger partial charge in [-0.1, -0.05) is 6.92 Å². The van der Waals surface area contributed by atoms with Gasteiger partial charge in [-0.15, -0.1) is 11.3 Å². The fourth-order valence-corrected chi connectivity index (χ4v) is 3.68. The van der Waals surface area contributed by atoms with Crippen LogP contribution < -0.4 is 5.32 Å². The molecule has 20 heavy (non-hydrogen) atoms. The summed E-state index contributed by atoms with van der Waals surface area (Å²) in [5, 5.41) is 2.93. The molecule has 2 heterocycles. The zero-order valence-electron chi connectivity index (χ0n) is 11.5. The third-order valence-electron chi connectivity index (χ3n) is 3.49. The van der Waals surface area contributed by atoms with Gasteiger partial charge in [0.05, 0.1) is 8.66 Å². The van der Waals surface area contributed by atoms with Crippen LogP contribution in [-0.4, -0.2) is 36.3 Å². The lowest BCUT2D eigenvalue weighted by molar-refractivity contribution is -0.126. The quantitative estimate of drug-likeness (QED) is 0.899. The van der Waals surface area contributed by atoms with Crippen molar-refractivity contribution < 1.29 is 9.59 Å². The van der Waals surface area contributed by atoms with Crippen molar-refractivity contribution in [1.82, 2.24) is 10.2 Å². The van der Waals surface area contributed by atoms with Crippen LogP contribution in [0.15, 0.2) is 15.9 Å². The molecule has 0 aromatic carbocycles. The monoisotopic (exact) mass is 358 g/mol. The number of hydrogen-bond donors (Lipinski definition) is 1. The molecule has 0 atom stereocenters. The van der Waals surface area contributed by atoms with Gasteiger partial charge >= 0.3 is 0 Å². The molecule has 1 aliphatic heterocycles. The number of hydrogen-bond acceptors (Lipinski definition) is 3. The van der Waals surface area contributed by atoms with Gasteiger partial charge in [0, 0.05) is 25.6 Å². The summed E-state index contributed by atoms with van der Waals surface area (Å²) in [6.45, 7) is 4.11. The molecule has 1 fully saturated rings. The maximum absolute atomic E-state index is 12.3. The Morgan fingerprint density at radius 1 is 1.40 bits per heavy atom. The van der Waals surface area contributed by atoms with Crippen molar-refractivity contribution in [2.45, 2.75) is 26.2 Å². The number of amides is 2. The molecule has 1 aromatic heterocycles. The maximum atomic E-state index is 12.3. The van der Waals surface area contributed by atoms with Gasteiger partial charge in [-0.25, -0.2) is 0 Å². The zero-order valence-corrected chi connectivity index (χ0v) is 13.9. The number of piperidine rings is 1. The van der Waals surface area contributed by atoms with E-state index in [1.54, 1.807) is 0 Å². The van der Waals surface area contributed by atoms with E-state index in [0.29, 0.717) is 13.1 Å². The highest BCUT2D eigenvalue weighted by Gasteiger charge is 2.28. The summed E-state index contributed by atoms with van der Waals surface area (Å²) in [4.78, 5) is 26.8. The summed E-state index contributed by atoms with van der Waals surface area (Å²) in [5.41, 5.74) is 0. The number of rotatable bonds is 4. The van der Waals surface area contributed by atoms with E-state index in [1.165, 1.54) is 11.3 Å². The van der Waals surface area contributed by atoms with Crippen molar-refractivity contribution in [3.63, 3.8) is 0 Å².